The van der Waals surface area contributed by atoms with Crippen molar-refractivity contribution in [2.75, 3.05) is 25.0 Å². The van der Waals surface area contributed by atoms with Crippen LogP contribution in [0.2, 0.25) is 5.02 Å². The molecule has 0 bridgehead atoms. The van der Waals surface area contributed by atoms with Crippen LogP contribution in [-0.4, -0.2) is 50.3 Å². The average molecular weight is 478 g/mol. The lowest BCUT2D eigenvalue weighted by atomic mass is 10.0. The van der Waals surface area contributed by atoms with Crippen LogP contribution in [0.15, 0.2) is 47.4 Å². The summed E-state index contributed by atoms with van der Waals surface area (Å²) >= 11 is 6.26. The highest BCUT2D eigenvalue weighted by molar-refractivity contribution is 7.89. The zero-order valence-electron chi connectivity index (χ0n) is 17.5. The molecule has 2 aromatic carbocycles. The molecule has 2 atom stereocenters. The van der Waals surface area contributed by atoms with Crippen molar-refractivity contribution in [2.24, 2.45) is 0 Å². The molecule has 2 heterocycles. The number of rotatable bonds is 6. The van der Waals surface area contributed by atoms with Crippen molar-refractivity contribution in [2.45, 2.75) is 36.6 Å². The number of anilines is 1. The zero-order valence-corrected chi connectivity index (χ0v) is 19.1. The third kappa shape index (κ3) is 4.46. The van der Waals surface area contributed by atoms with E-state index in [1.54, 1.807) is 0 Å². The van der Waals surface area contributed by atoms with Gasteiger partial charge in [-0.15, -0.1) is 0 Å². The smallest absolute Gasteiger partial charge is 0.262 e. The van der Waals surface area contributed by atoms with E-state index in [-0.39, 0.29) is 46.6 Å². The van der Waals surface area contributed by atoms with E-state index in [0.717, 1.165) is 5.56 Å². The summed E-state index contributed by atoms with van der Waals surface area (Å²) in [7, 11) is -4.05. The standard InChI is InChI=1S/C22H24ClN3O5S/c1-14(15-6-3-2-4-7-15)12-24-22(28)18-8-5-9-26(18)32(29,30)20-11-19-17(10-16(20)23)25-21(27)13-31-19/h2-4,6-7,10-11,14,18H,5,8-9,12-13H2,1H3,(H,24,28)(H,25,27)/t14-,18+/m0/s1. The van der Waals surface area contributed by atoms with E-state index in [1.807, 2.05) is 37.3 Å². The Morgan fingerprint density at radius 3 is 2.81 bits per heavy atom. The molecule has 4 rings (SSSR count). The van der Waals surface area contributed by atoms with Gasteiger partial charge in [0.15, 0.2) is 6.61 Å². The first-order chi connectivity index (χ1) is 15.3. The molecular formula is C22H24ClN3O5S. The van der Waals surface area contributed by atoms with Crippen LogP contribution in [-0.2, 0) is 19.6 Å². The predicted molar refractivity (Wildman–Crippen MR) is 120 cm³/mol. The summed E-state index contributed by atoms with van der Waals surface area (Å²) in [5.41, 5.74) is 1.41. The SMILES string of the molecule is C[C@@H](CNC(=O)[C@H]1CCCN1S(=O)(=O)c1cc2c(cc1Cl)NC(=O)CO2)c1ccccc1. The number of amides is 2. The molecule has 0 spiro atoms. The minimum atomic E-state index is -4.05. The number of nitrogens with one attached hydrogen (secondary N) is 2. The van der Waals surface area contributed by atoms with E-state index >= 15 is 0 Å². The highest BCUT2D eigenvalue weighted by Crippen LogP contribution is 2.38. The number of fused-ring (bicyclic) bond motifs is 1. The molecule has 0 unspecified atom stereocenters. The van der Waals surface area contributed by atoms with Crippen molar-refractivity contribution in [3.8, 4) is 5.75 Å². The Hall–Kier alpha value is -2.62. The normalized spacial score (nSPS) is 19.6. The summed E-state index contributed by atoms with van der Waals surface area (Å²) in [6.07, 6.45) is 1.00. The largest absolute Gasteiger partial charge is 0.482 e. The Balaban J connectivity index is 1.51. The second-order valence-corrected chi connectivity index (χ2v) is 10.2. The highest BCUT2D eigenvalue weighted by atomic mass is 35.5. The van der Waals surface area contributed by atoms with Gasteiger partial charge in [0.1, 0.15) is 16.7 Å². The summed E-state index contributed by atoms with van der Waals surface area (Å²) in [5, 5.41) is 5.45. The lowest BCUT2D eigenvalue weighted by Gasteiger charge is -2.26. The molecule has 32 heavy (non-hydrogen) atoms. The first-order valence-electron chi connectivity index (χ1n) is 10.4. The number of sulfonamides is 1. The van der Waals surface area contributed by atoms with Crippen LogP contribution >= 0.6 is 11.6 Å². The fraction of sp³-hybridized carbons (Fsp3) is 0.364. The van der Waals surface area contributed by atoms with E-state index < -0.39 is 16.1 Å². The van der Waals surface area contributed by atoms with Crippen molar-refractivity contribution >= 4 is 39.1 Å². The predicted octanol–water partition coefficient (Wildman–Crippen LogP) is 2.74. The van der Waals surface area contributed by atoms with Gasteiger partial charge in [-0.1, -0.05) is 48.9 Å². The first-order valence-corrected chi connectivity index (χ1v) is 12.2. The minimum absolute atomic E-state index is 0.0432. The number of nitrogens with zero attached hydrogens (tertiary/aromatic N) is 1. The summed E-state index contributed by atoms with van der Waals surface area (Å²) < 4.78 is 33.3. The maximum absolute atomic E-state index is 13.4. The van der Waals surface area contributed by atoms with E-state index in [1.165, 1.54) is 16.4 Å². The number of benzene rings is 2. The van der Waals surface area contributed by atoms with Crippen LogP contribution in [0.25, 0.3) is 0 Å². The molecule has 2 aliphatic rings. The molecule has 0 aliphatic carbocycles. The lowest BCUT2D eigenvalue weighted by Crippen LogP contribution is -2.46. The van der Waals surface area contributed by atoms with Gasteiger partial charge in [0.2, 0.25) is 15.9 Å². The summed E-state index contributed by atoms with van der Waals surface area (Å²) in [6.45, 7) is 2.42. The highest BCUT2D eigenvalue weighted by Gasteiger charge is 2.41. The Morgan fingerprint density at radius 1 is 1.31 bits per heavy atom. The lowest BCUT2D eigenvalue weighted by molar-refractivity contribution is -0.124. The average Bonchev–Trinajstić information content (AvgIpc) is 3.28. The van der Waals surface area contributed by atoms with E-state index in [0.29, 0.717) is 25.1 Å². The van der Waals surface area contributed by atoms with Gasteiger partial charge < -0.3 is 15.4 Å². The Bertz CT molecular complexity index is 1140. The maximum atomic E-state index is 13.4. The third-order valence-corrected chi connectivity index (χ3v) is 8.08. The summed E-state index contributed by atoms with van der Waals surface area (Å²) in [6, 6.07) is 11.6. The van der Waals surface area contributed by atoms with Crippen LogP contribution in [0.3, 0.4) is 0 Å². The number of ether oxygens (including phenoxy) is 1. The van der Waals surface area contributed by atoms with Gasteiger partial charge in [-0.2, -0.15) is 4.31 Å². The van der Waals surface area contributed by atoms with Crippen molar-refractivity contribution in [1.29, 1.82) is 0 Å². The topological polar surface area (TPSA) is 105 Å². The van der Waals surface area contributed by atoms with Crippen LogP contribution in [0.1, 0.15) is 31.2 Å². The van der Waals surface area contributed by atoms with Crippen LogP contribution < -0.4 is 15.4 Å². The molecule has 2 aromatic rings. The Morgan fingerprint density at radius 2 is 2.06 bits per heavy atom. The van der Waals surface area contributed by atoms with Crippen LogP contribution in [0, 0.1) is 0 Å². The second kappa shape index (κ2) is 9.09. The van der Waals surface area contributed by atoms with Gasteiger partial charge in [0.05, 0.1) is 10.7 Å². The van der Waals surface area contributed by atoms with Gasteiger partial charge in [-0.25, -0.2) is 8.42 Å². The van der Waals surface area contributed by atoms with E-state index in [2.05, 4.69) is 10.6 Å². The number of hydrogen-bond acceptors (Lipinski definition) is 5. The fourth-order valence-electron chi connectivity index (χ4n) is 3.97. The quantitative estimate of drug-likeness (QED) is 0.665. The Kier molecular flexibility index (Phi) is 6.41. The molecule has 0 radical (unpaired) electrons. The number of halogens is 1. The summed E-state index contributed by atoms with van der Waals surface area (Å²) in [4.78, 5) is 24.2. The van der Waals surface area contributed by atoms with E-state index in [9.17, 15) is 18.0 Å². The molecule has 2 amide bonds. The molecule has 1 fully saturated rings. The fourth-order valence-corrected chi connectivity index (χ4v) is 6.14. The molecule has 1 saturated heterocycles. The molecule has 10 heteroatoms. The van der Waals surface area contributed by atoms with Crippen LogP contribution in [0.5, 0.6) is 5.75 Å². The monoisotopic (exact) mass is 477 g/mol. The first kappa shape index (κ1) is 22.6. The molecule has 2 N–H and O–H groups in total. The maximum Gasteiger partial charge on any atom is 0.262 e. The summed E-state index contributed by atoms with van der Waals surface area (Å²) in [5.74, 6) is -0.352. The Labute approximate surface area is 191 Å². The van der Waals surface area contributed by atoms with Gasteiger partial charge in [0, 0.05) is 19.2 Å². The van der Waals surface area contributed by atoms with Crippen molar-refractivity contribution < 1.29 is 22.7 Å². The molecule has 0 aromatic heterocycles. The van der Waals surface area contributed by atoms with Crippen molar-refractivity contribution in [3.63, 3.8) is 0 Å². The molecule has 170 valence electrons. The second-order valence-electron chi connectivity index (χ2n) is 7.95. The molecular weight excluding hydrogens is 454 g/mol. The van der Waals surface area contributed by atoms with Gasteiger partial charge in [0.25, 0.3) is 5.91 Å². The molecule has 0 saturated carbocycles. The van der Waals surface area contributed by atoms with Crippen molar-refractivity contribution in [1.82, 2.24) is 9.62 Å². The minimum Gasteiger partial charge on any atom is -0.482 e. The molecule has 2 aliphatic heterocycles. The van der Waals surface area contributed by atoms with Gasteiger partial charge in [-0.3, -0.25) is 9.59 Å². The number of hydrogen-bond donors (Lipinski definition) is 2. The zero-order chi connectivity index (χ0) is 22.9. The van der Waals surface area contributed by atoms with E-state index in [4.69, 9.17) is 16.3 Å². The third-order valence-electron chi connectivity index (χ3n) is 5.71. The van der Waals surface area contributed by atoms with Gasteiger partial charge in [-0.05, 0) is 30.4 Å². The molecule has 8 nitrogen and oxygen atoms in total. The number of carbonyl (C=O) groups is 2. The van der Waals surface area contributed by atoms with Gasteiger partial charge >= 0.3 is 0 Å². The number of carbonyl (C=O) groups excluding carboxylic acids is 2. The van der Waals surface area contributed by atoms with Crippen molar-refractivity contribution in [3.05, 3.63) is 53.1 Å². The van der Waals surface area contributed by atoms with Crippen LogP contribution in [0.4, 0.5) is 5.69 Å².